The van der Waals surface area contributed by atoms with Gasteiger partial charge in [0.05, 0.1) is 27.2 Å². The zero-order valence-corrected chi connectivity index (χ0v) is 16.4. The molecular formula is C19H31N3O4. The monoisotopic (exact) mass is 365 g/mol. The highest BCUT2D eigenvalue weighted by Gasteiger charge is 2.27. The summed E-state index contributed by atoms with van der Waals surface area (Å²) in [6, 6.07) is 3.81. The number of piperazine rings is 1. The fraction of sp³-hybridized carbons (Fsp3) is 0.632. The maximum Gasteiger partial charge on any atom is 0.227 e. The van der Waals surface area contributed by atoms with Gasteiger partial charge in [0.15, 0.2) is 11.5 Å². The zero-order chi connectivity index (χ0) is 19.3. The summed E-state index contributed by atoms with van der Waals surface area (Å²) < 4.78 is 16.2. The van der Waals surface area contributed by atoms with Crippen LogP contribution in [0.1, 0.15) is 19.4 Å². The summed E-state index contributed by atoms with van der Waals surface area (Å²) in [6.45, 7) is 7.64. The van der Waals surface area contributed by atoms with E-state index < -0.39 is 0 Å². The first-order valence-electron chi connectivity index (χ1n) is 8.96. The molecule has 0 aromatic heterocycles. The Hall–Kier alpha value is -1.99. The fourth-order valence-electron chi connectivity index (χ4n) is 3.12. The largest absolute Gasteiger partial charge is 0.493 e. The predicted molar refractivity (Wildman–Crippen MR) is 101 cm³/mol. The summed E-state index contributed by atoms with van der Waals surface area (Å²) in [7, 11) is 4.83. The molecule has 0 spiro atoms. The third-order valence-electron chi connectivity index (χ3n) is 4.99. The van der Waals surface area contributed by atoms with Gasteiger partial charge in [0.1, 0.15) is 0 Å². The first-order chi connectivity index (χ1) is 12.4. The lowest BCUT2D eigenvalue weighted by Gasteiger charge is -2.36. The Kier molecular flexibility index (Phi) is 7.11. The fourth-order valence-corrected chi connectivity index (χ4v) is 3.12. The van der Waals surface area contributed by atoms with Crippen molar-refractivity contribution >= 4 is 5.91 Å². The lowest BCUT2D eigenvalue weighted by atomic mass is 10.0. The highest BCUT2D eigenvalue weighted by atomic mass is 16.5. The number of nitrogens with two attached hydrogens (primary N) is 1. The smallest absolute Gasteiger partial charge is 0.227 e. The number of hydrogen-bond donors (Lipinski definition) is 1. The number of ether oxygens (including phenoxy) is 3. The number of amides is 1. The molecule has 1 aromatic carbocycles. The van der Waals surface area contributed by atoms with Crippen molar-refractivity contribution in [2.45, 2.75) is 26.4 Å². The molecule has 0 radical (unpaired) electrons. The van der Waals surface area contributed by atoms with Gasteiger partial charge < -0.3 is 24.8 Å². The van der Waals surface area contributed by atoms with Crippen LogP contribution in [0.15, 0.2) is 12.1 Å². The number of benzene rings is 1. The SMILES string of the molecule is COc1cc(CN2CCN(C(=O)C(C)C(C)N)CC2)cc(OC)c1OC. The van der Waals surface area contributed by atoms with Gasteiger partial charge in [-0.15, -0.1) is 0 Å². The van der Waals surface area contributed by atoms with Crippen molar-refractivity contribution in [3.63, 3.8) is 0 Å². The molecule has 1 amide bonds. The zero-order valence-electron chi connectivity index (χ0n) is 16.4. The maximum atomic E-state index is 12.4. The molecule has 1 aliphatic rings. The molecule has 26 heavy (non-hydrogen) atoms. The quantitative estimate of drug-likeness (QED) is 0.786. The van der Waals surface area contributed by atoms with Gasteiger partial charge in [-0.25, -0.2) is 0 Å². The van der Waals surface area contributed by atoms with E-state index in [-0.39, 0.29) is 17.9 Å². The molecular weight excluding hydrogens is 334 g/mol. The Morgan fingerprint density at radius 3 is 2.00 bits per heavy atom. The topological polar surface area (TPSA) is 77.3 Å². The summed E-state index contributed by atoms with van der Waals surface area (Å²) in [4.78, 5) is 16.7. The number of carbonyl (C=O) groups is 1. The van der Waals surface area contributed by atoms with Gasteiger partial charge in [0, 0.05) is 38.8 Å². The summed E-state index contributed by atoms with van der Waals surface area (Å²) in [5.74, 6) is 1.91. The molecule has 2 atom stereocenters. The van der Waals surface area contributed by atoms with E-state index in [2.05, 4.69) is 4.90 Å². The van der Waals surface area contributed by atoms with Crippen molar-refractivity contribution in [2.75, 3.05) is 47.5 Å². The van der Waals surface area contributed by atoms with Crippen LogP contribution in [-0.2, 0) is 11.3 Å². The molecule has 0 aliphatic carbocycles. The Morgan fingerprint density at radius 1 is 1.04 bits per heavy atom. The molecule has 1 heterocycles. The Bertz CT molecular complexity index is 588. The molecule has 7 heteroatoms. The van der Waals surface area contributed by atoms with E-state index in [1.54, 1.807) is 21.3 Å². The molecule has 7 nitrogen and oxygen atoms in total. The van der Waals surface area contributed by atoms with Crippen molar-refractivity contribution in [1.29, 1.82) is 0 Å². The second kappa shape index (κ2) is 9.09. The van der Waals surface area contributed by atoms with Crippen LogP contribution in [0.5, 0.6) is 17.2 Å². The van der Waals surface area contributed by atoms with Crippen molar-refractivity contribution in [3.05, 3.63) is 17.7 Å². The first-order valence-corrected chi connectivity index (χ1v) is 8.96. The average molecular weight is 365 g/mol. The van der Waals surface area contributed by atoms with Crippen LogP contribution in [0, 0.1) is 5.92 Å². The molecule has 1 fully saturated rings. The van der Waals surface area contributed by atoms with E-state index in [1.165, 1.54) is 0 Å². The average Bonchev–Trinajstić information content (AvgIpc) is 2.66. The van der Waals surface area contributed by atoms with Crippen LogP contribution in [0.4, 0.5) is 0 Å². The van der Waals surface area contributed by atoms with Gasteiger partial charge in [-0.05, 0) is 24.6 Å². The standard InChI is InChI=1S/C19H31N3O4/c1-13(14(2)20)19(23)22-8-6-21(7-9-22)12-15-10-16(24-3)18(26-5)17(11-15)25-4/h10-11,13-14H,6-9,12,20H2,1-5H3. The third kappa shape index (κ3) is 4.59. The minimum atomic E-state index is -0.142. The van der Waals surface area contributed by atoms with Gasteiger partial charge in [-0.1, -0.05) is 6.92 Å². The third-order valence-corrected chi connectivity index (χ3v) is 4.99. The number of methoxy groups -OCH3 is 3. The van der Waals surface area contributed by atoms with Gasteiger partial charge in [0.2, 0.25) is 11.7 Å². The van der Waals surface area contributed by atoms with Crippen LogP contribution in [0.2, 0.25) is 0 Å². The van der Waals surface area contributed by atoms with Crippen molar-refractivity contribution in [1.82, 2.24) is 9.80 Å². The molecule has 1 saturated heterocycles. The van der Waals surface area contributed by atoms with Crippen LogP contribution >= 0.6 is 0 Å². The van der Waals surface area contributed by atoms with Gasteiger partial charge in [-0.3, -0.25) is 9.69 Å². The highest BCUT2D eigenvalue weighted by Crippen LogP contribution is 2.38. The molecule has 2 rings (SSSR count). The van der Waals surface area contributed by atoms with E-state index in [4.69, 9.17) is 19.9 Å². The van der Waals surface area contributed by atoms with E-state index >= 15 is 0 Å². The van der Waals surface area contributed by atoms with E-state index in [9.17, 15) is 4.79 Å². The molecule has 2 unspecified atom stereocenters. The summed E-state index contributed by atoms with van der Waals surface area (Å²) in [5.41, 5.74) is 6.95. The van der Waals surface area contributed by atoms with E-state index in [0.717, 1.165) is 38.3 Å². The maximum absolute atomic E-state index is 12.4. The molecule has 2 N–H and O–H groups in total. The highest BCUT2D eigenvalue weighted by molar-refractivity contribution is 5.79. The Morgan fingerprint density at radius 2 is 1.58 bits per heavy atom. The minimum Gasteiger partial charge on any atom is -0.493 e. The van der Waals surface area contributed by atoms with Gasteiger partial charge in [0.25, 0.3) is 0 Å². The molecule has 0 saturated carbocycles. The van der Waals surface area contributed by atoms with Crippen LogP contribution in [-0.4, -0.2) is 69.3 Å². The second-order valence-electron chi connectivity index (χ2n) is 6.78. The van der Waals surface area contributed by atoms with Gasteiger partial charge >= 0.3 is 0 Å². The minimum absolute atomic E-state index is 0.125. The summed E-state index contributed by atoms with van der Waals surface area (Å²) >= 11 is 0. The van der Waals surface area contributed by atoms with Crippen molar-refractivity contribution in [2.24, 2.45) is 11.7 Å². The normalized spacial score (nSPS) is 17.5. The molecule has 1 aromatic rings. The number of nitrogens with zero attached hydrogens (tertiary/aromatic N) is 2. The summed E-state index contributed by atoms with van der Waals surface area (Å²) in [6.07, 6.45) is 0. The van der Waals surface area contributed by atoms with Crippen LogP contribution < -0.4 is 19.9 Å². The van der Waals surface area contributed by atoms with Crippen LogP contribution in [0.3, 0.4) is 0 Å². The number of hydrogen-bond acceptors (Lipinski definition) is 6. The molecule has 0 bridgehead atoms. The Balaban J connectivity index is 2.00. The number of carbonyl (C=O) groups excluding carboxylic acids is 1. The van der Waals surface area contributed by atoms with Crippen molar-refractivity contribution < 1.29 is 19.0 Å². The molecule has 146 valence electrons. The van der Waals surface area contributed by atoms with E-state index in [0.29, 0.717) is 17.2 Å². The summed E-state index contributed by atoms with van der Waals surface area (Å²) in [5, 5.41) is 0. The predicted octanol–water partition coefficient (Wildman–Crippen LogP) is 1.34. The first kappa shape index (κ1) is 20.3. The lowest BCUT2D eigenvalue weighted by molar-refractivity contribution is -0.137. The van der Waals surface area contributed by atoms with Gasteiger partial charge in [-0.2, -0.15) is 0 Å². The van der Waals surface area contributed by atoms with Crippen molar-refractivity contribution in [3.8, 4) is 17.2 Å². The van der Waals surface area contributed by atoms with E-state index in [1.807, 2.05) is 30.9 Å². The lowest BCUT2D eigenvalue weighted by Crippen LogP contribution is -2.51. The molecule has 1 aliphatic heterocycles. The second-order valence-corrected chi connectivity index (χ2v) is 6.78. The van der Waals surface area contributed by atoms with Crippen LogP contribution in [0.25, 0.3) is 0 Å². The number of rotatable bonds is 7. The Labute approximate surface area is 156 Å².